The summed E-state index contributed by atoms with van der Waals surface area (Å²) in [5.41, 5.74) is 0. The molecule has 0 aromatic heterocycles. The van der Waals surface area contributed by atoms with E-state index in [0.717, 1.165) is 12.8 Å². The average Bonchev–Trinajstić information content (AvgIpc) is 1.98. The first kappa shape index (κ1) is 11.1. The van der Waals surface area contributed by atoms with Gasteiger partial charge in [-0.05, 0) is 6.42 Å². The Bertz CT molecular complexity index is 214. The zero-order chi connectivity index (χ0) is 9.40. The molecular formula is C12H17. The van der Waals surface area contributed by atoms with Crippen LogP contribution in [0.4, 0.5) is 0 Å². The molecule has 1 unspecified atom stereocenters. The molecule has 0 amide bonds. The van der Waals surface area contributed by atoms with Gasteiger partial charge in [0.2, 0.25) is 0 Å². The van der Waals surface area contributed by atoms with E-state index < -0.39 is 0 Å². The van der Waals surface area contributed by atoms with Gasteiger partial charge in [0.05, 0.1) is 0 Å². The van der Waals surface area contributed by atoms with Gasteiger partial charge in [-0.15, -0.1) is 23.7 Å². The fourth-order valence-electron chi connectivity index (χ4n) is 0.811. The van der Waals surface area contributed by atoms with Gasteiger partial charge in [0, 0.05) is 25.2 Å². The van der Waals surface area contributed by atoms with Gasteiger partial charge >= 0.3 is 0 Å². The highest BCUT2D eigenvalue weighted by Crippen LogP contribution is 2.02. The van der Waals surface area contributed by atoms with Crippen LogP contribution in [0.15, 0.2) is 0 Å². The van der Waals surface area contributed by atoms with Gasteiger partial charge in [-0.2, -0.15) is 0 Å². The molecule has 1 radical (unpaired) electrons. The topological polar surface area (TPSA) is 0 Å². The van der Waals surface area contributed by atoms with Crippen molar-refractivity contribution >= 4 is 0 Å². The Morgan fingerprint density at radius 1 is 1.17 bits per heavy atom. The maximum absolute atomic E-state index is 3.48. The minimum atomic E-state index is 0.434. The van der Waals surface area contributed by atoms with E-state index in [4.69, 9.17) is 0 Å². The summed E-state index contributed by atoms with van der Waals surface area (Å²) < 4.78 is 0. The SMILES string of the molecule is [CH2]C#CC(C)CCC#CC(C)C. The van der Waals surface area contributed by atoms with Crippen molar-refractivity contribution in [3.8, 4) is 23.7 Å². The highest BCUT2D eigenvalue weighted by molar-refractivity contribution is 5.06. The molecule has 0 aliphatic heterocycles. The molecule has 0 saturated carbocycles. The zero-order valence-corrected chi connectivity index (χ0v) is 8.28. The molecule has 0 aliphatic carbocycles. The van der Waals surface area contributed by atoms with Crippen LogP contribution in [0, 0.1) is 42.4 Å². The van der Waals surface area contributed by atoms with Gasteiger partial charge in [0.1, 0.15) is 0 Å². The van der Waals surface area contributed by atoms with E-state index in [1.54, 1.807) is 0 Å². The monoisotopic (exact) mass is 161 g/mol. The summed E-state index contributed by atoms with van der Waals surface area (Å²) in [5.74, 6) is 12.9. The Morgan fingerprint density at radius 3 is 2.33 bits per heavy atom. The summed E-state index contributed by atoms with van der Waals surface area (Å²) in [6.07, 6.45) is 2.01. The van der Waals surface area contributed by atoms with E-state index in [1.807, 2.05) is 0 Å². The maximum atomic E-state index is 3.48. The molecule has 0 N–H and O–H groups in total. The van der Waals surface area contributed by atoms with Crippen LogP contribution in [0.2, 0.25) is 0 Å². The van der Waals surface area contributed by atoms with Crippen molar-refractivity contribution in [3.63, 3.8) is 0 Å². The van der Waals surface area contributed by atoms with Crippen LogP contribution in [0.3, 0.4) is 0 Å². The molecule has 0 saturated heterocycles. The summed E-state index contributed by atoms with van der Waals surface area (Å²) >= 11 is 0. The molecule has 0 spiro atoms. The van der Waals surface area contributed by atoms with Gasteiger partial charge in [-0.3, -0.25) is 0 Å². The molecule has 0 bridgehead atoms. The normalized spacial score (nSPS) is 11.1. The Morgan fingerprint density at radius 2 is 1.83 bits per heavy atom. The quantitative estimate of drug-likeness (QED) is 0.546. The van der Waals surface area contributed by atoms with Crippen molar-refractivity contribution in [2.75, 3.05) is 0 Å². The smallest absolute Gasteiger partial charge is 0.0199 e. The minimum Gasteiger partial charge on any atom is -0.103 e. The van der Waals surface area contributed by atoms with Crippen LogP contribution >= 0.6 is 0 Å². The van der Waals surface area contributed by atoms with Crippen molar-refractivity contribution in [1.82, 2.24) is 0 Å². The lowest BCUT2D eigenvalue weighted by Crippen LogP contribution is -1.88. The second-order valence-electron chi connectivity index (χ2n) is 3.24. The largest absolute Gasteiger partial charge is 0.103 e. The van der Waals surface area contributed by atoms with Crippen molar-refractivity contribution in [3.05, 3.63) is 6.92 Å². The van der Waals surface area contributed by atoms with Crippen molar-refractivity contribution in [1.29, 1.82) is 0 Å². The second-order valence-corrected chi connectivity index (χ2v) is 3.24. The van der Waals surface area contributed by atoms with E-state index in [0.29, 0.717) is 11.8 Å². The van der Waals surface area contributed by atoms with Gasteiger partial charge in [-0.1, -0.05) is 20.8 Å². The van der Waals surface area contributed by atoms with Crippen molar-refractivity contribution < 1.29 is 0 Å². The Hall–Kier alpha value is -0.880. The molecule has 0 aromatic rings. The van der Waals surface area contributed by atoms with Crippen LogP contribution < -0.4 is 0 Å². The molecular weight excluding hydrogens is 144 g/mol. The van der Waals surface area contributed by atoms with Crippen molar-refractivity contribution in [2.45, 2.75) is 33.6 Å². The molecule has 1 atom stereocenters. The summed E-state index contributed by atoms with van der Waals surface area (Å²) in [6.45, 7) is 9.80. The third-order valence-corrected chi connectivity index (χ3v) is 1.44. The van der Waals surface area contributed by atoms with E-state index in [2.05, 4.69) is 51.4 Å². The lowest BCUT2D eigenvalue weighted by molar-refractivity contribution is 0.686. The Kier molecular flexibility index (Phi) is 6.31. The molecule has 12 heavy (non-hydrogen) atoms. The molecule has 0 nitrogen and oxygen atoms in total. The van der Waals surface area contributed by atoms with Gasteiger partial charge in [0.25, 0.3) is 0 Å². The summed E-state index contributed by atoms with van der Waals surface area (Å²) in [5, 5.41) is 0. The molecule has 0 aliphatic rings. The van der Waals surface area contributed by atoms with E-state index in [-0.39, 0.29) is 0 Å². The highest BCUT2D eigenvalue weighted by atomic mass is 14.0. The lowest BCUT2D eigenvalue weighted by Gasteiger charge is -1.97. The summed E-state index contributed by atoms with van der Waals surface area (Å²) in [6, 6.07) is 0. The fourth-order valence-corrected chi connectivity index (χ4v) is 0.811. The average molecular weight is 161 g/mol. The Labute approximate surface area is 76.8 Å². The predicted molar refractivity (Wildman–Crippen MR) is 54.1 cm³/mol. The second kappa shape index (κ2) is 6.81. The first-order valence-electron chi connectivity index (χ1n) is 4.42. The van der Waals surface area contributed by atoms with Gasteiger partial charge < -0.3 is 0 Å². The maximum Gasteiger partial charge on any atom is 0.0199 e. The molecule has 0 rings (SSSR count). The van der Waals surface area contributed by atoms with E-state index in [9.17, 15) is 0 Å². The number of hydrogen-bond donors (Lipinski definition) is 0. The Balaban J connectivity index is 3.56. The zero-order valence-electron chi connectivity index (χ0n) is 8.28. The third-order valence-electron chi connectivity index (χ3n) is 1.44. The van der Waals surface area contributed by atoms with Crippen LogP contribution in [-0.2, 0) is 0 Å². The van der Waals surface area contributed by atoms with Crippen LogP contribution in [0.1, 0.15) is 33.6 Å². The lowest BCUT2D eigenvalue weighted by atomic mass is 10.1. The first-order chi connectivity index (χ1) is 5.66. The predicted octanol–water partition coefficient (Wildman–Crippen LogP) is 2.90. The van der Waals surface area contributed by atoms with Crippen molar-refractivity contribution in [2.24, 2.45) is 11.8 Å². The third kappa shape index (κ3) is 7.23. The molecule has 0 heteroatoms. The number of hydrogen-bond acceptors (Lipinski definition) is 0. The molecule has 0 heterocycles. The standard InChI is InChI=1S/C12H17/c1-5-8-12(4)10-7-6-9-11(2)3/h11-12H,1,7,10H2,2-4H3. The van der Waals surface area contributed by atoms with E-state index in [1.165, 1.54) is 0 Å². The molecule has 0 aromatic carbocycles. The van der Waals surface area contributed by atoms with Crippen LogP contribution in [0.25, 0.3) is 0 Å². The van der Waals surface area contributed by atoms with Gasteiger partial charge in [0.15, 0.2) is 0 Å². The van der Waals surface area contributed by atoms with E-state index >= 15 is 0 Å². The van der Waals surface area contributed by atoms with Crippen LogP contribution in [-0.4, -0.2) is 0 Å². The highest BCUT2D eigenvalue weighted by Gasteiger charge is 1.93. The van der Waals surface area contributed by atoms with Crippen LogP contribution in [0.5, 0.6) is 0 Å². The van der Waals surface area contributed by atoms with Gasteiger partial charge in [-0.25, -0.2) is 0 Å². The minimum absolute atomic E-state index is 0.434. The summed E-state index contributed by atoms with van der Waals surface area (Å²) in [4.78, 5) is 0. The number of rotatable bonds is 2. The molecule has 65 valence electrons. The first-order valence-corrected chi connectivity index (χ1v) is 4.42. The fraction of sp³-hybridized carbons (Fsp3) is 0.583. The summed E-state index contributed by atoms with van der Waals surface area (Å²) in [7, 11) is 0. The molecule has 0 fully saturated rings.